The Bertz CT molecular complexity index is 516. The molecule has 0 spiro atoms. The molecular weight excluding hydrogens is 251 g/mol. The highest BCUT2D eigenvalue weighted by atomic mass is 31.2. The molecule has 5 heteroatoms. The molecule has 0 amide bonds. The van der Waals surface area contributed by atoms with Crippen LogP contribution in [0.2, 0.25) is 0 Å². The van der Waals surface area contributed by atoms with E-state index in [1.165, 1.54) is 13.2 Å². The number of fused-ring (bicyclic) bond motifs is 1. The molecule has 1 aliphatic heterocycles. The highest BCUT2D eigenvalue weighted by Gasteiger charge is 2.41. The Kier molecular flexibility index (Phi) is 3.10. The van der Waals surface area contributed by atoms with E-state index < -0.39 is 7.14 Å². The molecule has 0 fully saturated rings. The van der Waals surface area contributed by atoms with Crippen molar-refractivity contribution in [2.24, 2.45) is 5.41 Å². The molecule has 1 atom stereocenters. The molecule has 0 radical (unpaired) electrons. The third-order valence-electron chi connectivity index (χ3n) is 2.83. The van der Waals surface area contributed by atoms with Crippen LogP contribution in [0, 0.1) is 5.41 Å². The van der Waals surface area contributed by atoms with Gasteiger partial charge in [-0.15, -0.1) is 0 Å². The van der Waals surface area contributed by atoms with Crippen molar-refractivity contribution in [1.29, 1.82) is 0 Å². The summed E-state index contributed by atoms with van der Waals surface area (Å²) in [5, 5.41) is 10.5. The molecule has 1 unspecified atom stereocenters. The van der Waals surface area contributed by atoms with E-state index >= 15 is 0 Å². The smallest absolute Gasteiger partial charge is 0.158 e. The standard InChI is InChI=1S/C13H19O4P/c1-13(2,3)7-18(15)8-17-11-6-9(16-4)5-10(14)12(11)18/h5-6,14H,7-8H2,1-4H3. The maximum atomic E-state index is 12.9. The minimum Gasteiger partial charge on any atom is -0.507 e. The first-order chi connectivity index (χ1) is 8.25. The quantitative estimate of drug-likeness (QED) is 0.839. The number of hydrogen-bond donors (Lipinski definition) is 1. The van der Waals surface area contributed by atoms with Crippen molar-refractivity contribution >= 4 is 12.4 Å². The van der Waals surface area contributed by atoms with Crippen molar-refractivity contribution in [3.8, 4) is 17.2 Å². The third-order valence-corrected chi connectivity index (χ3v) is 6.10. The van der Waals surface area contributed by atoms with E-state index in [4.69, 9.17) is 9.47 Å². The Balaban J connectivity index is 2.48. The lowest BCUT2D eigenvalue weighted by atomic mass is 10.0. The molecule has 1 heterocycles. The summed E-state index contributed by atoms with van der Waals surface area (Å²) in [6, 6.07) is 3.17. The molecule has 1 aromatic rings. The minimum atomic E-state index is -2.68. The fourth-order valence-electron chi connectivity index (χ4n) is 2.34. The Morgan fingerprint density at radius 3 is 2.67 bits per heavy atom. The summed E-state index contributed by atoms with van der Waals surface area (Å²) in [6.45, 7) is 6.10. The second-order valence-electron chi connectivity index (χ2n) is 5.87. The maximum absolute atomic E-state index is 12.9. The molecule has 1 aromatic carbocycles. The van der Waals surface area contributed by atoms with E-state index in [9.17, 15) is 9.67 Å². The molecule has 100 valence electrons. The molecule has 0 aromatic heterocycles. The maximum Gasteiger partial charge on any atom is 0.158 e. The molecule has 4 nitrogen and oxygen atoms in total. The summed E-state index contributed by atoms with van der Waals surface area (Å²) in [4.78, 5) is 0. The number of aromatic hydroxyl groups is 1. The van der Waals surface area contributed by atoms with Gasteiger partial charge in [0, 0.05) is 18.3 Å². The van der Waals surface area contributed by atoms with Crippen LogP contribution in [0.4, 0.5) is 0 Å². The van der Waals surface area contributed by atoms with Gasteiger partial charge in [0.05, 0.1) is 12.4 Å². The highest BCUT2D eigenvalue weighted by Crippen LogP contribution is 2.57. The van der Waals surface area contributed by atoms with Crippen LogP contribution in [0.5, 0.6) is 17.2 Å². The van der Waals surface area contributed by atoms with E-state index in [0.29, 0.717) is 23.0 Å². The SMILES string of the molecule is COc1cc(O)c2c(c1)OCP2(=O)CC(C)(C)C. The fourth-order valence-corrected chi connectivity index (χ4v) is 5.61. The van der Waals surface area contributed by atoms with Crippen LogP contribution in [-0.4, -0.2) is 24.7 Å². The zero-order chi connectivity index (χ0) is 13.6. The van der Waals surface area contributed by atoms with Crippen LogP contribution >= 0.6 is 7.14 Å². The minimum absolute atomic E-state index is 0.00873. The van der Waals surface area contributed by atoms with Crippen LogP contribution in [0.1, 0.15) is 20.8 Å². The van der Waals surface area contributed by atoms with Gasteiger partial charge in [0.2, 0.25) is 0 Å². The van der Waals surface area contributed by atoms with Gasteiger partial charge in [0.25, 0.3) is 0 Å². The first-order valence-corrected chi connectivity index (χ1v) is 7.95. The molecular formula is C13H19O4P. The number of methoxy groups -OCH3 is 1. The second-order valence-corrected chi connectivity index (χ2v) is 8.68. The molecule has 0 saturated heterocycles. The molecule has 0 bridgehead atoms. The lowest BCUT2D eigenvalue weighted by molar-refractivity contribution is 0.376. The summed E-state index contributed by atoms with van der Waals surface area (Å²) >= 11 is 0. The monoisotopic (exact) mass is 270 g/mol. The summed E-state index contributed by atoms with van der Waals surface area (Å²) < 4.78 is 23.5. The predicted octanol–water partition coefficient (Wildman–Crippen LogP) is 2.79. The summed E-state index contributed by atoms with van der Waals surface area (Å²) in [7, 11) is -1.16. The van der Waals surface area contributed by atoms with Gasteiger partial charge >= 0.3 is 0 Å². The predicted molar refractivity (Wildman–Crippen MR) is 71.7 cm³/mol. The van der Waals surface area contributed by atoms with Crippen molar-refractivity contribution in [1.82, 2.24) is 0 Å². The van der Waals surface area contributed by atoms with Gasteiger partial charge in [0.1, 0.15) is 23.6 Å². The zero-order valence-electron chi connectivity index (χ0n) is 11.2. The number of benzene rings is 1. The van der Waals surface area contributed by atoms with Crippen LogP contribution in [-0.2, 0) is 4.57 Å². The van der Waals surface area contributed by atoms with E-state index in [1.54, 1.807) is 6.07 Å². The normalized spacial score (nSPS) is 22.4. The first kappa shape index (κ1) is 13.3. The molecule has 0 saturated carbocycles. The molecule has 1 N–H and O–H groups in total. The number of rotatable bonds is 2. The lowest BCUT2D eigenvalue weighted by Crippen LogP contribution is -2.17. The molecule has 1 aliphatic rings. The summed E-state index contributed by atoms with van der Waals surface area (Å²) in [5.74, 6) is 1.00. The summed E-state index contributed by atoms with van der Waals surface area (Å²) in [5.41, 5.74) is -0.0765. The van der Waals surface area contributed by atoms with Crippen molar-refractivity contribution in [2.75, 3.05) is 19.6 Å². The van der Waals surface area contributed by atoms with E-state index in [-0.39, 0.29) is 17.5 Å². The van der Waals surface area contributed by atoms with Crippen LogP contribution in [0.15, 0.2) is 12.1 Å². The van der Waals surface area contributed by atoms with Gasteiger partial charge < -0.3 is 19.1 Å². The average molecular weight is 270 g/mol. The molecule has 18 heavy (non-hydrogen) atoms. The van der Waals surface area contributed by atoms with Gasteiger partial charge in [-0.3, -0.25) is 0 Å². The van der Waals surface area contributed by atoms with E-state index in [0.717, 1.165) is 0 Å². The number of phenols is 1. The fraction of sp³-hybridized carbons (Fsp3) is 0.538. The van der Waals surface area contributed by atoms with Crippen molar-refractivity contribution in [2.45, 2.75) is 20.8 Å². The highest BCUT2D eigenvalue weighted by molar-refractivity contribution is 7.72. The van der Waals surface area contributed by atoms with Crippen LogP contribution in [0.3, 0.4) is 0 Å². The topological polar surface area (TPSA) is 55.8 Å². The van der Waals surface area contributed by atoms with E-state index in [1.807, 2.05) is 20.8 Å². The largest absolute Gasteiger partial charge is 0.507 e. The lowest BCUT2D eigenvalue weighted by Gasteiger charge is -2.22. The van der Waals surface area contributed by atoms with Gasteiger partial charge in [-0.1, -0.05) is 20.8 Å². The van der Waals surface area contributed by atoms with Crippen molar-refractivity contribution in [3.05, 3.63) is 12.1 Å². The Morgan fingerprint density at radius 1 is 1.44 bits per heavy atom. The van der Waals surface area contributed by atoms with Gasteiger partial charge in [-0.25, -0.2) is 0 Å². The average Bonchev–Trinajstić information content (AvgIpc) is 2.53. The zero-order valence-corrected chi connectivity index (χ0v) is 12.1. The number of phenolic OH excluding ortho intramolecular Hbond substituents is 1. The second kappa shape index (κ2) is 4.20. The molecule has 0 aliphatic carbocycles. The number of ether oxygens (including phenoxy) is 2. The van der Waals surface area contributed by atoms with Crippen molar-refractivity contribution < 1.29 is 19.1 Å². The number of hydrogen-bond acceptors (Lipinski definition) is 4. The Hall–Kier alpha value is -1.15. The van der Waals surface area contributed by atoms with Crippen LogP contribution < -0.4 is 14.8 Å². The van der Waals surface area contributed by atoms with Crippen molar-refractivity contribution in [3.63, 3.8) is 0 Å². The van der Waals surface area contributed by atoms with Gasteiger partial charge in [0.15, 0.2) is 7.14 Å². The van der Waals surface area contributed by atoms with E-state index in [2.05, 4.69) is 0 Å². The Morgan fingerprint density at radius 2 is 2.11 bits per heavy atom. The summed E-state index contributed by atoms with van der Waals surface area (Å²) in [6.07, 6.45) is 0.688. The van der Waals surface area contributed by atoms with Gasteiger partial charge in [-0.2, -0.15) is 0 Å². The first-order valence-electron chi connectivity index (χ1n) is 5.88. The third kappa shape index (κ3) is 2.35. The van der Waals surface area contributed by atoms with Crippen LogP contribution in [0.25, 0.3) is 0 Å². The van der Waals surface area contributed by atoms with Gasteiger partial charge in [-0.05, 0) is 5.41 Å². The molecule has 2 rings (SSSR count). The Labute approximate surface area is 107 Å².